The van der Waals surface area contributed by atoms with Gasteiger partial charge in [-0.05, 0) is 30.2 Å². The number of benzene rings is 2. The van der Waals surface area contributed by atoms with Gasteiger partial charge in [0, 0.05) is 12.2 Å². The van der Waals surface area contributed by atoms with Crippen molar-refractivity contribution in [3.05, 3.63) is 59.1 Å². The highest BCUT2D eigenvalue weighted by atomic mass is 35.5. The molecule has 2 aromatic carbocycles. The van der Waals surface area contributed by atoms with E-state index in [0.29, 0.717) is 17.3 Å². The number of anilines is 2. The molecule has 0 saturated heterocycles. The predicted molar refractivity (Wildman–Crippen MR) is 82.6 cm³/mol. The van der Waals surface area contributed by atoms with Crippen molar-refractivity contribution < 1.29 is 9.59 Å². The molecular formula is C16H13ClN2O2. The lowest BCUT2D eigenvalue weighted by molar-refractivity contribution is -0.134. The number of carbonyl (C=O) groups is 2. The van der Waals surface area contributed by atoms with Gasteiger partial charge in [0.1, 0.15) is 0 Å². The largest absolute Gasteiger partial charge is 0.316 e. The molecule has 0 aromatic heterocycles. The standard InChI is InChI=1S/C16H13ClN2O2/c17-12-6-2-3-7-13(12)18-15(20)16(21)19-10-9-11-5-1-4-8-14(11)19/h1-8H,9-10H2,(H,18,20). The summed E-state index contributed by atoms with van der Waals surface area (Å²) in [5.41, 5.74) is 2.32. The highest BCUT2D eigenvalue weighted by Gasteiger charge is 2.29. The molecule has 1 N–H and O–H groups in total. The van der Waals surface area contributed by atoms with E-state index in [1.54, 1.807) is 24.3 Å². The third kappa shape index (κ3) is 2.62. The SMILES string of the molecule is O=C(Nc1ccccc1Cl)C(=O)N1CCc2ccccc21. The number of nitrogens with one attached hydrogen (secondary N) is 1. The second-order valence-corrected chi connectivity index (χ2v) is 5.18. The number of amides is 2. The van der Waals surface area contributed by atoms with Crippen molar-refractivity contribution in [2.75, 3.05) is 16.8 Å². The lowest BCUT2D eigenvalue weighted by atomic mass is 10.2. The van der Waals surface area contributed by atoms with Gasteiger partial charge >= 0.3 is 11.8 Å². The third-order valence-corrected chi connectivity index (χ3v) is 3.78. The molecule has 2 amide bonds. The second kappa shape index (κ2) is 5.58. The van der Waals surface area contributed by atoms with Crippen LogP contribution in [-0.4, -0.2) is 18.4 Å². The number of fused-ring (bicyclic) bond motifs is 1. The Morgan fingerprint density at radius 1 is 1.05 bits per heavy atom. The fourth-order valence-electron chi connectivity index (χ4n) is 2.41. The molecular weight excluding hydrogens is 288 g/mol. The summed E-state index contributed by atoms with van der Waals surface area (Å²) < 4.78 is 0. The Balaban J connectivity index is 1.78. The highest BCUT2D eigenvalue weighted by Crippen LogP contribution is 2.28. The molecule has 0 spiro atoms. The molecule has 1 aliphatic heterocycles. The Labute approximate surface area is 127 Å². The van der Waals surface area contributed by atoms with Crippen LogP contribution < -0.4 is 10.2 Å². The molecule has 106 valence electrons. The molecule has 0 fully saturated rings. The van der Waals surface area contributed by atoms with Gasteiger partial charge in [0.25, 0.3) is 0 Å². The van der Waals surface area contributed by atoms with Gasteiger partial charge in [0.2, 0.25) is 0 Å². The van der Waals surface area contributed by atoms with Crippen molar-refractivity contribution in [1.82, 2.24) is 0 Å². The molecule has 0 saturated carbocycles. The van der Waals surface area contributed by atoms with Crippen LogP contribution in [0.2, 0.25) is 5.02 Å². The summed E-state index contributed by atoms with van der Waals surface area (Å²) in [6.45, 7) is 0.522. The van der Waals surface area contributed by atoms with Crippen molar-refractivity contribution in [1.29, 1.82) is 0 Å². The fraction of sp³-hybridized carbons (Fsp3) is 0.125. The minimum absolute atomic E-state index is 0.403. The Kier molecular flexibility index (Phi) is 3.62. The van der Waals surface area contributed by atoms with Crippen molar-refractivity contribution in [2.24, 2.45) is 0 Å². The molecule has 0 atom stereocenters. The van der Waals surface area contributed by atoms with Crippen molar-refractivity contribution in [3.63, 3.8) is 0 Å². The molecule has 5 heteroatoms. The van der Waals surface area contributed by atoms with E-state index in [1.807, 2.05) is 24.3 Å². The van der Waals surface area contributed by atoms with E-state index in [1.165, 1.54) is 4.90 Å². The second-order valence-electron chi connectivity index (χ2n) is 4.77. The summed E-state index contributed by atoms with van der Waals surface area (Å²) in [7, 11) is 0. The van der Waals surface area contributed by atoms with Gasteiger partial charge in [-0.25, -0.2) is 0 Å². The van der Waals surface area contributed by atoms with E-state index < -0.39 is 11.8 Å². The lowest BCUT2D eigenvalue weighted by Crippen LogP contribution is -2.38. The smallest absolute Gasteiger partial charge is 0.316 e. The molecule has 3 rings (SSSR count). The first-order valence-electron chi connectivity index (χ1n) is 6.62. The zero-order chi connectivity index (χ0) is 14.8. The number of halogens is 1. The number of carbonyl (C=O) groups excluding carboxylic acids is 2. The van der Waals surface area contributed by atoms with E-state index in [-0.39, 0.29) is 0 Å². The summed E-state index contributed by atoms with van der Waals surface area (Å²) >= 11 is 5.97. The van der Waals surface area contributed by atoms with Crippen LogP contribution in [-0.2, 0) is 16.0 Å². The number of para-hydroxylation sites is 2. The Bertz CT molecular complexity index is 715. The molecule has 0 unspecified atom stereocenters. The van der Waals surface area contributed by atoms with Crippen LogP contribution in [0.15, 0.2) is 48.5 Å². The normalized spacial score (nSPS) is 12.9. The summed E-state index contributed by atoms with van der Waals surface area (Å²) in [5, 5.41) is 2.96. The summed E-state index contributed by atoms with van der Waals surface area (Å²) in [6.07, 6.45) is 0.765. The first-order valence-corrected chi connectivity index (χ1v) is 7.00. The highest BCUT2D eigenvalue weighted by molar-refractivity contribution is 6.45. The quantitative estimate of drug-likeness (QED) is 0.823. The van der Waals surface area contributed by atoms with E-state index >= 15 is 0 Å². The predicted octanol–water partition coefficient (Wildman–Crippen LogP) is 2.87. The van der Waals surface area contributed by atoms with Gasteiger partial charge in [-0.3, -0.25) is 9.59 Å². The lowest BCUT2D eigenvalue weighted by Gasteiger charge is -2.16. The van der Waals surface area contributed by atoms with Crippen LogP contribution >= 0.6 is 11.6 Å². The Hall–Kier alpha value is -2.33. The van der Waals surface area contributed by atoms with E-state index in [4.69, 9.17) is 11.6 Å². The first-order chi connectivity index (χ1) is 10.2. The van der Waals surface area contributed by atoms with Crippen molar-refractivity contribution in [3.8, 4) is 0 Å². The monoisotopic (exact) mass is 300 g/mol. The maximum Gasteiger partial charge on any atom is 0.316 e. The van der Waals surface area contributed by atoms with Crippen LogP contribution in [0, 0.1) is 0 Å². The van der Waals surface area contributed by atoms with Crippen LogP contribution in [0.5, 0.6) is 0 Å². The summed E-state index contributed by atoms with van der Waals surface area (Å²) in [4.78, 5) is 25.9. The zero-order valence-electron chi connectivity index (χ0n) is 11.2. The minimum atomic E-state index is -0.681. The van der Waals surface area contributed by atoms with Gasteiger partial charge < -0.3 is 10.2 Å². The molecule has 1 heterocycles. The van der Waals surface area contributed by atoms with Crippen LogP contribution in [0.3, 0.4) is 0 Å². The van der Waals surface area contributed by atoms with E-state index in [9.17, 15) is 9.59 Å². The Morgan fingerprint density at radius 2 is 1.76 bits per heavy atom. The molecule has 1 aliphatic rings. The van der Waals surface area contributed by atoms with Crippen molar-refractivity contribution in [2.45, 2.75) is 6.42 Å². The van der Waals surface area contributed by atoms with Gasteiger partial charge in [-0.2, -0.15) is 0 Å². The summed E-state index contributed by atoms with van der Waals surface area (Å²) in [5.74, 6) is -1.25. The Morgan fingerprint density at radius 3 is 2.57 bits per heavy atom. The minimum Gasteiger partial charge on any atom is -0.316 e. The zero-order valence-corrected chi connectivity index (χ0v) is 11.9. The van der Waals surface area contributed by atoms with Gasteiger partial charge in [-0.1, -0.05) is 41.9 Å². The fourth-order valence-corrected chi connectivity index (χ4v) is 2.59. The number of nitrogens with zero attached hydrogens (tertiary/aromatic N) is 1. The number of hydrogen-bond acceptors (Lipinski definition) is 2. The average Bonchev–Trinajstić information content (AvgIpc) is 2.92. The molecule has 2 aromatic rings. The number of hydrogen-bond donors (Lipinski definition) is 1. The maximum absolute atomic E-state index is 12.3. The van der Waals surface area contributed by atoms with Crippen LogP contribution in [0.25, 0.3) is 0 Å². The molecule has 0 bridgehead atoms. The summed E-state index contributed by atoms with van der Waals surface area (Å²) in [6, 6.07) is 14.4. The van der Waals surface area contributed by atoms with E-state index in [0.717, 1.165) is 17.7 Å². The van der Waals surface area contributed by atoms with Crippen molar-refractivity contribution >= 4 is 34.8 Å². The van der Waals surface area contributed by atoms with Crippen LogP contribution in [0.4, 0.5) is 11.4 Å². The maximum atomic E-state index is 12.3. The third-order valence-electron chi connectivity index (χ3n) is 3.45. The van der Waals surface area contributed by atoms with Gasteiger partial charge in [-0.15, -0.1) is 0 Å². The first kappa shape index (κ1) is 13.6. The van der Waals surface area contributed by atoms with Gasteiger partial charge in [0.15, 0.2) is 0 Å². The van der Waals surface area contributed by atoms with Gasteiger partial charge in [0.05, 0.1) is 10.7 Å². The van der Waals surface area contributed by atoms with E-state index in [2.05, 4.69) is 5.32 Å². The topological polar surface area (TPSA) is 49.4 Å². The average molecular weight is 301 g/mol. The molecule has 21 heavy (non-hydrogen) atoms. The molecule has 4 nitrogen and oxygen atoms in total. The van der Waals surface area contributed by atoms with Crippen LogP contribution in [0.1, 0.15) is 5.56 Å². The number of rotatable bonds is 1. The molecule has 0 radical (unpaired) electrons. The molecule has 0 aliphatic carbocycles.